The third-order valence-corrected chi connectivity index (χ3v) is 4.72. The van der Waals surface area contributed by atoms with Crippen molar-refractivity contribution in [1.82, 2.24) is 10.6 Å². The molecule has 1 aromatic carbocycles. The number of nitrogens with one attached hydrogen (secondary N) is 3. The van der Waals surface area contributed by atoms with Crippen molar-refractivity contribution in [1.29, 1.82) is 0 Å². The highest BCUT2D eigenvalue weighted by Gasteiger charge is 2.36. The number of hydrogen-bond acceptors (Lipinski definition) is 3. The fourth-order valence-corrected chi connectivity index (χ4v) is 3.72. The summed E-state index contributed by atoms with van der Waals surface area (Å²) in [6.45, 7) is 4.00. The minimum absolute atomic E-state index is 0.0521. The van der Waals surface area contributed by atoms with E-state index in [2.05, 4.69) is 22.0 Å². The van der Waals surface area contributed by atoms with E-state index in [-0.39, 0.29) is 24.3 Å². The molecular formula is C18H25N3O2. The molecule has 1 aliphatic heterocycles. The second kappa shape index (κ2) is 6.71. The van der Waals surface area contributed by atoms with E-state index in [0.717, 1.165) is 29.7 Å². The van der Waals surface area contributed by atoms with Crippen molar-refractivity contribution in [2.24, 2.45) is 0 Å². The van der Waals surface area contributed by atoms with Crippen molar-refractivity contribution in [3.05, 3.63) is 29.3 Å². The fraction of sp³-hybridized carbons (Fsp3) is 0.556. The van der Waals surface area contributed by atoms with Gasteiger partial charge in [0.25, 0.3) is 0 Å². The van der Waals surface area contributed by atoms with Gasteiger partial charge in [-0.2, -0.15) is 0 Å². The van der Waals surface area contributed by atoms with Gasteiger partial charge in [-0.15, -0.1) is 0 Å². The number of aryl methyl sites for hydroxylation is 2. The van der Waals surface area contributed by atoms with Gasteiger partial charge in [0, 0.05) is 17.8 Å². The lowest BCUT2D eigenvalue weighted by Crippen LogP contribution is -2.65. The molecule has 3 N–H and O–H groups in total. The second-order valence-electron chi connectivity index (χ2n) is 6.85. The van der Waals surface area contributed by atoms with Crippen LogP contribution >= 0.6 is 0 Å². The minimum Gasteiger partial charge on any atom is -0.350 e. The molecule has 3 rings (SSSR count). The Hall–Kier alpha value is -1.88. The zero-order chi connectivity index (χ0) is 16.4. The fourth-order valence-electron chi connectivity index (χ4n) is 3.72. The van der Waals surface area contributed by atoms with Crippen LogP contribution in [0.15, 0.2) is 18.2 Å². The van der Waals surface area contributed by atoms with Crippen molar-refractivity contribution >= 4 is 17.5 Å². The van der Waals surface area contributed by atoms with Crippen molar-refractivity contribution in [3.8, 4) is 0 Å². The predicted molar refractivity (Wildman–Crippen MR) is 90.3 cm³/mol. The molecule has 2 amide bonds. The van der Waals surface area contributed by atoms with E-state index < -0.39 is 6.04 Å². The summed E-state index contributed by atoms with van der Waals surface area (Å²) in [6.07, 6.45) is 4.62. The van der Waals surface area contributed by atoms with Crippen molar-refractivity contribution in [2.75, 3.05) is 5.32 Å². The molecule has 0 unspecified atom stereocenters. The quantitative estimate of drug-likeness (QED) is 0.799. The summed E-state index contributed by atoms with van der Waals surface area (Å²) >= 11 is 0. The summed E-state index contributed by atoms with van der Waals surface area (Å²) < 4.78 is 0. The van der Waals surface area contributed by atoms with Crippen LogP contribution in [-0.4, -0.2) is 29.9 Å². The lowest BCUT2D eigenvalue weighted by Gasteiger charge is -2.40. The summed E-state index contributed by atoms with van der Waals surface area (Å²) in [5.74, 6) is -0.180. The first-order valence-corrected chi connectivity index (χ1v) is 8.46. The molecule has 0 bridgehead atoms. The number of carbonyl (C=O) groups is 2. The lowest BCUT2D eigenvalue weighted by atomic mass is 9.87. The first-order chi connectivity index (χ1) is 11.0. The number of carbonyl (C=O) groups excluding carboxylic acids is 2. The molecule has 23 heavy (non-hydrogen) atoms. The Bertz CT molecular complexity index is 594. The van der Waals surface area contributed by atoms with Gasteiger partial charge < -0.3 is 16.0 Å². The van der Waals surface area contributed by atoms with Gasteiger partial charge in [-0.05, 0) is 49.9 Å². The number of fused-ring (bicyclic) bond motifs is 1. The molecule has 1 saturated carbocycles. The van der Waals surface area contributed by atoms with Gasteiger partial charge >= 0.3 is 0 Å². The summed E-state index contributed by atoms with van der Waals surface area (Å²) in [6, 6.07) is 6.05. The highest BCUT2D eigenvalue weighted by Crippen LogP contribution is 2.22. The van der Waals surface area contributed by atoms with Crippen LogP contribution < -0.4 is 16.0 Å². The van der Waals surface area contributed by atoms with E-state index in [9.17, 15) is 9.59 Å². The normalized spacial score (nSPS) is 27.0. The van der Waals surface area contributed by atoms with Gasteiger partial charge in [0.1, 0.15) is 0 Å². The zero-order valence-corrected chi connectivity index (χ0v) is 13.8. The monoisotopic (exact) mass is 315 g/mol. The van der Waals surface area contributed by atoms with Crippen LogP contribution in [0.4, 0.5) is 5.69 Å². The first kappa shape index (κ1) is 16.0. The molecule has 1 saturated heterocycles. The molecule has 124 valence electrons. The molecular weight excluding hydrogens is 290 g/mol. The van der Waals surface area contributed by atoms with Gasteiger partial charge in [0.05, 0.1) is 12.5 Å². The molecule has 1 aromatic rings. The Morgan fingerprint density at radius 3 is 2.48 bits per heavy atom. The molecule has 2 aliphatic rings. The summed E-state index contributed by atoms with van der Waals surface area (Å²) in [4.78, 5) is 24.5. The Morgan fingerprint density at radius 1 is 1.13 bits per heavy atom. The molecule has 0 radical (unpaired) electrons. The van der Waals surface area contributed by atoms with E-state index >= 15 is 0 Å². The minimum atomic E-state index is -0.430. The number of amides is 2. The lowest BCUT2D eigenvalue weighted by molar-refractivity contribution is -0.129. The smallest absolute Gasteiger partial charge is 0.237 e. The van der Waals surface area contributed by atoms with E-state index in [4.69, 9.17) is 0 Å². The number of piperazine rings is 1. The molecule has 2 fully saturated rings. The maximum atomic E-state index is 12.3. The van der Waals surface area contributed by atoms with E-state index in [1.54, 1.807) is 0 Å². The van der Waals surface area contributed by atoms with Crippen LogP contribution in [0.3, 0.4) is 0 Å². The Kier molecular flexibility index (Phi) is 4.66. The maximum Gasteiger partial charge on any atom is 0.237 e. The molecule has 3 atom stereocenters. The predicted octanol–water partition coefficient (Wildman–Crippen LogP) is 2.03. The van der Waals surface area contributed by atoms with E-state index in [0.29, 0.717) is 6.04 Å². The van der Waals surface area contributed by atoms with Crippen molar-refractivity contribution in [2.45, 2.75) is 64.1 Å². The SMILES string of the molecule is Cc1cc(C)cc(NC(=O)C[C@@H]2N[C@H]3CCCC[C@H]3NC2=O)c1. The van der Waals surface area contributed by atoms with Crippen LogP contribution in [0.1, 0.15) is 43.2 Å². The average molecular weight is 315 g/mol. The summed E-state index contributed by atoms with van der Waals surface area (Å²) in [5, 5.41) is 9.35. The highest BCUT2D eigenvalue weighted by atomic mass is 16.2. The van der Waals surface area contributed by atoms with Gasteiger partial charge in [0.15, 0.2) is 0 Å². The van der Waals surface area contributed by atoms with Gasteiger partial charge in [0.2, 0.25) is 11.8 Å². The third-order valence-electron chi connectivity index (χ3n) is 4.72. The largest absolute Gasteiger partial charge is 0.350 e. The third kappa shape index (κ3) is 3.91. The number of hydrogen-bond donors (Lipinski definition) is 3. The van der Waals surface area contributed by atoms with Crippen molar-refractivity contribution in [3.63, 3.8) is 0 Å². The molecule has 0 spiro atoms. The number of benzene rings is 1. The van der Waals surface area contributed by atoms with Crippen LogP contribution in [0, 0.1) is 13.8 Å². The topological polar surface area (TPSA) is 70.2 Å². The maximum absolute atomic E-state index is 12.3. The number of anilines is 1. The Labute approximate surface area is 137 Å². The van der Waals surface area contributed by atoms with Crippen LogP contribution in [0.5, 0.6) is 0 Å². The first-order valence-electron chi connectivity index (χ1n) is 8.46. The summed E-state index contributed by atoms with van der Waals surface area (Å²) in [5.41, 5.74) is 3.01. The van der Waals surface area contributed by atoms with Gasteiger partial charge in [-0.3, -0.25) is 9.59 Å². The Balaban J connectivity index is 1.59. The second-order valence-corrected chi connectivity index (χ2v) is 6.85. The molecule has 1 aliphatic carbocycles. The van der Waals surface area contributed by atoms with Crippen LogP contribution in [-0.2, 0) is 9.59 Å². The van der Waals surface area contributed by atoms with Crippen LogP contribution in [0.25, 0.3) is 0 Å². The van der Waals surface area contributed by atoms with Crippen LogP contribution in [0.2, 0.25) is 0 Å². The molecule has 0 aromatic heterocycles. The zero-order valence-electron chi connectivity index (χ0n) is 13.8. The van der Waals surface area contributed by atoms with Crippen molar-refractivity contribution < 1.29 is 9.59 Å². The van der Waals surface area contributed by atoms with E-state index in [1.165, 1.54) is 12.8 Å². The Morgan fingerprint density at radius 2 is 1.78 bits per heavy atom. The molecule has 5 nitrogen and oxygen atoms in total. The standard InChI is InChI=1S/C18H25N3O2/c1-11-7-12(2)9-13(8-11)19-17(22)10-16-18(23)21-15-6-4-3-5-14(15)20-16/h7-9,14-16,20H,3-6,10H2,1-2H3,(H,19,22)(H,21,23)/t14-,15+,16-/m0/s1. The highest BCUT2D eigenvalue weighted by molar-refractivity contribution is 5.95. The van der Waals surface area contributed by atoms with Gasteiger partial charge in [-0.25, -0.2) is 0 Å². The number of rotatable bonds is 3. The van der Waals surface area contributed by atoms with Gasteiger partial charge in [-0.1, -0.05) is 18.9 Å². The molecule has 1 heterocycles. The summed E-state index contributed by atoms with van der Waals surface area (Å²) in [7, 11) is 0. The molecule has 5 heteroatoms. The van der Waals surface area contributed by atoms with E-state index in [1.807, 2.05) is 26.0 Å². The average Bonchev–Trinajstić information content (AvgIpc) is 2.46.